The minimum Gasteiger partial charge on any atom is -0.262 e. The molecular formula is C5H9ClO3S. The Hall–Kier alpha value is 0.360. The fraction of sp³-hybridized carbons (Fsp3) is 1.00. The molecule has 0 saturated carbocycles. The van der Waals surface area contributed by atoms with Gasteiger partial charge >= 0.3 is 11.4 Å². The molecule has 1 aliphatic heterocycles. The highest BCUT2D eigenvalue weighted by molar-refractivity contribution is 7.75. The Labute approximate surface area is 67.5 Å². The molecule has 0 aliphatic carbocycles. The van der Waals surface area contributed by atoms with Crippen LogP contribution in [-0.4, -0.2) is 22.3 Å². The molecule has 10 heavy (non-hydrogen) atoms. The van der Waals surface area contributed by atoms with Crippen molar-refractivity contribution in [1.29, 1.82) is 0 Å². The van der Waals surface area contributed by atoms with Crippen LogP contribution >= 0.6 is 11.6 Å². The van der Waals surface area contributed by atoms with Gasteiger partial charge in [0.05, 0.1) is 5.88 Å². The van der Waals surface area contributed by atoms with E-state index in [-0.39, 0.29) is 12.2 Å². The van der Waals surface area contributed by atoms with Crippen LogP contribution in [0.25, 0.3) is 0 Å². The van der Waals surface area contributed by atoms with Crippen molar-refractivity contribution in [3.63, 3.8) is 0 Å². The molecule has 0 radical (unpaired) electrons. The standard InChI is InChI=1S/C5H9ClO3S/c1-2-4-5(3-6)9-10(7)8-4/h4-5H,2-3H2,1H3. The molecule has 3 unspecified atom stereocenters. The van der Waals surface area contributed by atoms with E-state index in [1.165, 1.54) is 0 Å². The van der Waals surface area contributed by atoms with Crippen molar-refractivity contribution >= 4 is 23.0 Å². The molecule has 0 spiro atoms. The first-order chi connectivity index (χ1) is 4.77. The molecule has 0 bridgehead atoms. The van der Waals surface area contributed by atoms with Gasteiger partial charge in [-0.2, -0.15) is 4.21 Å². The largest absolute Gasteiger partial charge is 0.305 e. The molecule has 1 fully saturated rings. The Kier molecular flexibility index (Phi) is 3.10. The maximum absolute atomic E-state index is 10.6. The fourth-order valence-corrected chi connectivity index (χ4v) is 2.04. The molecule has 0 amide bonds. The van der Waals surface area contributed by atoms with Crippen LogP contribution in [0.4, 0.5) is 0 Å². The van der Waals surface area contributed by atoms with Gasteiger partial charge in [0.1, 0.15) is 12.2 Å². The lowest BCUT2D eigenvalue weighted by Crippen LogP contribution is -2.22. The van der Waals surface area contributed by atoms with E-state index in [0.717, 1.165) is 6.42 Å². The minimum absolute atomic E-state index is 0.0988. The van der Waals surface area contributed by atoms with E-state index >= 15 is 0 Å². The quantitative estimate of drug-likeness (QED) is 0.601. The van der Waals surface area contributed by atoms with Gasteiger partial charge in [0.2, 0.25) is 0 Å². The Balaban J connectivity index is 2.48. The van der Waals surface area contributed by atoms with Crippen LogP contribution in [0.2, 0.25) is 0 Å². The normalized spacial score (nSPS) is 40.4. The maximum atomic E-state index is 10.6. The van der Waals surface area contributed by atoms with E-state index in [1.54, 1.807) is 0 Å². The van der Waals surface area contributed by atoms with Gasteiger partial charge in [0.25, 0.3) is 0 Å². The van der Waals surface area contributed by atoms with Gasteiger partial charge in [-0.15, -0.1) is 11.6 Å². The van der Waals surface area contributed by atoms with Gasteiger partial charge in [-0.05, 0) is 6.42 Å². The highest BCUT2D eigenvalue weighted by atomic mass is 35.5. The molecule has 3 nitrogen and oxygen atoms in total. The van der Waals surface area contributed by atoms with Gasteiger partial charge in [0.15, 0.2) is 0 Å². The summed E-state index contributed by atoms with van der Waals surface area (Å²) in [6.45, 7) is 1.94. The molecule has 0 N–H and O–H groups in total. The van der Waals surface area contributed by atoms with Crippen LogP contribution in [0.3, 0.4) is 0 Å². The van der Waals surface area contributed by atoms with Crippen molar-refractivity contribution in [1.82, 2.24) is 0 Å². The first kappa shape index (κ1) is 8.46. The van der Waals surface area contributed by atoms with Crippen LogP contribution in [0, 0.1) is 0 Å². The zero-order chi connectivity index (χ0) is 7.56. The highest BCUT2D eigenvalue weighted by Crippen LogP contribution is 2.20. The molecule has 1 heterocycles. The third-order valence-electron chi connectivity index (χ3n) is 1.37. The lowest BCUT2D eigenvalue weighted by Gasteiger charge is -2.07. The van der Waals surface area contributed by atoms with Crippen LogP contribution in [-0.2, 0) is 19.7 Å². The first-order valence-electron chi connectivity index (χ1n) is 3.10. The lowest BCUT2D eigenvalue weighted by atomic mass is 10.2. The van der Waals surface area contributed by atoms with Gasteiger partial charge in [-0.25, -0.2) is 0 Å². The van der Waals surface area contributed by atoms with Gasteiger partial charge < -0.3 is 0 Å². The predicted octanol–water partition coefficient (Wildman–Crippen LogP) is 0.998. The predicted molar refractivity (Wildman–Crippen MR) is 38.9 cm³/mol. The summed E-state index contributed by atoms with van der Waals surface area (Å²) in [7, 11) is 0. The van der Waals surface area contributed by atoms with E-state index in [2.05, 4.69) is 0 Å². The number of halogens is 1. The summed E-state index contributed by atoms with van der Waals surface area (Å²) in [5.74, 6) is 0.338. The Morgan fingerprint density at radius 1 is 1.50 bits per heavy atom. The summed E-state index contributed by atoms with van der Waals surface area (Å²) in [5, 5.41) is 0. The highest BCUT2D eigenvalue weighted by Gasteiger charge is 2.32. The number of hydrogen-bond acceptors (Lipinski definition) is 3. The summed E-state index contributed by atoms with van der Waals surface area (Å²) in [5.41, 5.74) is 0. The van der Waals surface area contributed by atoms with Crippen molar-refractivity contribution < 1.29 is 12.6 Å². The average Bonchev–Trinajstić information content (AvgIpc) is 2.30. The zero-order valence-corrected chi connectivity index (χ0v) is 7.15. The molecule has 3 atom stereocenters. The molecule has 1 aliphatic rings. The van der Waals surface area contributed by atoms with Crippen molar-refractivity contribution in [2.45, 2.75) is 25.6 Å². The van der Waals surface area contributed by atoms with Crippen LogP contribution < -0.4 is 0 Å². The van der Waals surface area contributed by atoms with Crippen LogP contribution in [0.1, 0.15) is 13.3 Å². The van der Waals surface area contributed by atoms with E-state index in [4.69, 9.17) is 20.0 Å². The van der Waals surface area contributed by atoms with Crippen molar-refractivity contribution in [3.8, 4) is 0 Å². The zero-order valence-electron chi connectivity index (χ0n) is 5.58. The lowest BCUT2D eigenvalue weighted by molar-refractivity contribution is 0.169. The Morgan fingerprint density at radius 2 is 2.10 bits per heavy atom. The summed E-state index contributed by atoms with van der Waals surface area (Å²) >= 11 is 3.94. The molecule has 1 saturated heterocycles. The summed E-state index contributed by atoms with van der Waals surface area (Å²) in [6.07, 6.45) is 0.481. The third kappa shape index (κ3) is 1.69. The molecule has 0 aromatic carbocycles. The average molecular weight is 185 g/mol. The molecular weight excluding hydrogens is 176 g/mol. The van der Waals surface area contributed by atoms with E-state index < -0.39 is 11.4 Å². The Bertz CT molecular complexity index is 127. The fourth-order valence-electron chi connectivity index (χ4n) is 0.804. The smallest absolute Gasteiger partial charge is 0.262 e. The van der Waals surface area contributed by atoms with Gasteiger partial charge in [0, 0.05) is 0 Å². The van der Waals surface area contributed by atoms with Crippen LogP contribution in [0.15, 0.2) is 0 Å². The molecule has 60 valence electrons. The van der Waals surface area contributed by atoms with E-state index in [1.807, 2.05) is 6.92 Å². The SMILES string of the molecule is CCC1OS(=O)OC1CCl. The molecule has 5 heteroatoms. The Morgan fingerprint density at radius 3 is 2.50 bits per heavy atom. The second-order valence-corrected chi connectivity index (χ2v) is 3.14. The molecule has 1 rings (SSSR count). The first-order valence-corrected chi connectivity index (χ1v) is 4.63. The molecule has 0 aromatic heterocycles. The van der Waals surface area contributed by atoms with Crippen molar-refractivity contribution in [3.05, 3.63) is 0 Å². The second kappa shape index (κ2) is 3.67. The van der Waals surface area contributed by atoms with Crippen LogP contribution in [0.5, 0.6) is 0 Å². The topological polar surface area (TPSA) is 35.5 Å². The second-order valence-electron chi connectivity index (χ2n) is 2.04. The van der Waals surface area contributed by atoms with E-state index in [9.17, 15) is 4.21 Å². The molecule has 0 aromatic rings. The van der Waals surface area contributed by atoms with E-state index in [0.29, 0.717) is 5.88 Å². The maximum Gasteiger partial charge on any atom is 0.305 e. The number of rotatable bonds is 2. The summed E-state index contributed by atoms with van der Waals surface area (Å²) in [6, 6.07) is 0. The number of alkyl halides is 1. The summed E-state index contributed by atoms with van der Waals surface area (Å²) in [4.78, 5) is 0. The minimum atomic E-state index is -1.57. The van der Waals surface area contributed by atoms with Crippen molar-refractivity contribution in [2.75, 3.05) is 5.88 Å². The number of hydrogen-bond donors (Lipinski definition) is 0. The van der Waals surface area contributed by atoms with Gasteiger partial charge in [-0.3, -0.25) is 8.37 Å². The summed E-state index contributed by atoms with van der Waals surface area (Å²) < 4.78 is 20.3. The van der Waals surface area contributed by atoms with Gasteiger partial charge in [-0.1, -0.05) is 6.92 Å². The monoisotopic (exact) mass is 184 g/mol. The van der Waals surface area contributed by atoms with Crippen molar-refractivity contribution in [2.24, 2.45) is 0 Å². The third-order valence-corrected chi connectivity index (χ3v) is 2.49.